The monoisotopic (exact) mass is 280 g/mol. The van der Waals surface area contributed by atoms with Crippen molar-refractivity contribution in [3.05, 3.63) is 22.8 Å². The lowest BCUT2D eigenvalue weighted by Gasteiger charge is -2.16. The summed E-state index contributed by atoms with van der Waals surface area (Å²) in [5.41, 5.74) is 2.56. The highest BCUT2D eigenvalue weighted by Gasteiger charge is 2.14. The van der Waals surface area contributed by atoms with E-state index >= 15 is 0 Å². The zero-order valence-corrected chi connectivity index (χ0v) is 12.3. The van der Waals surface area contributed by atoms with Crippen LogP contribution < -0.4 is 9.47 Å². The quantitative estimate of drug-likeness (QED) is 0.493. The van der Waals surface area contributed by atoms with Gasteiger partial charge in [-0.1, -0.05) is 0 Å². The summed E-state index contributed by atoms with van der Waals surface area (Å²) in [6, 6.07) is 1.81. The number of aryl methyl sites for hydroxylation is 1. The molecule has 0 atom stereocenters. The molecule has 0 fully saturated rings. The highest BCUT2D eigenvalue weighted by atomic mass is 16.5. The molecule has 0 spiro atoms. The Kier molecular flexibility index (Phi) is 5.55. The Morgan fingerprint density at radius 2 is 1.85 bits per heavy atom. The molecule has 0 aliphatic heterocycles. The van der Waals surface area contributed by atoms with Crippen LogP contribution in [0.5, 0.6) is 11.5 Å². The van der Waals surface area contributed by atoms with E-state index in [1.165, 1.54) is 6.92 Å². The third kappa shape index (κ3) is 4.26. The summed E-state index contributed by atoms with van der Waals surface area (Å²) >= 11 is 0. The maximum Gasteiger partial charge on any atom is 0.308 e. The van der Waals surface area contributed by atoms with Crippen molar-refractivity contribution in [2.75, 3.05) is 6.61 Å². The SMILES string of the molecule is CC(=O)Oc1c(C)cc(OCCCC(=O)O)c(C)c1C. The van der Waals surface area contributed by atoms with E-state index in [9.17, 15) is 9.59 Å². The molecule has 0 amide bonds. The van der Waals surface area contributed by atoms with Gasteiger partial charge in [0, 0.05) is 13.3 Å². The topological polar surface area (TPSA) is 72.8 Å². The van der Waals surface area contributed by atoms with E-state index in [1.807, 2.05) is 20.8 Å². The molecule has 1 rings (SSSR count). The summed E-state index contributed by atoms with van der Waals surface area (Å²) in [5, 5.41) is 8.57. The standard InChI is InChI=1S/C15H20O5/c1-9-8-13(19-7-5-6-14(17)18)10(2)11(3)15(9)20-12(4)16/h8H,5-7H2,1-4H3,(H,17,18). The van der Waals surface area contributed by atoms with E-state index < -0.39 is 5.97 Å². The Balaban J connectivity index is 2.84. The first-order chi connectivity index (χ1) is 9.32. The van der Waals surface area contributed by atoms with Gasteiger partial charge in [0.05, 0.1) is 6.61 Å². The van der Waals surface area contributed by atoms with Crippen molar-refractivity contribution in [3.63, 3.8) is 0 Å². The lowest BCUT2D eigenvalue weighted by Crippen LogP contribution is -2.07. The van der Waals surface area contributed by atoms with Crippen LogP contribution in [-0.2, 0) is 9.59 Å². The Morgan fingerprint density at radius 1 is 1.20 bits per heavy atom. The van der Waals surface area contributed by atoms with Crippen molar-refractivity contribution in [3.8, 4) is 11.5 Å². The molecule has 5 heteroatoms. The van der Waals surface area contributed by atoms with Gasteiger partial charge in [0.1, 0.15) is 11.5 Å². The zero-order chi connectivity index (χ0) is 15.3. The maximum atomic E-state index is 11.1. The Morgan fingerprint density at radius 3 is 2.40 bits per heavy atom. The first kappa shape index (κ1) is 16.0. The van der Waals surface area contributed by atoms with Crippen LogP contribution in [0.15, 0.2) is 6.07 Å². The summed E-state index contributed by atoms with van der Waals surface area (Å²) in [4.78, 5) is 21.5. The molecule has 0 unspecified atom stereocenters. The van der Waals surface area contributed by atoms with Gasteiger partial charge in [0.2, 0.25) is 0 Å². The third-order valence-corrected chi connectivity index (χ3v) is 3.02. The lowest BCUT2D eigenvalue weighted by molar-refractivity contribution is -0.137. The predicted molar refractivity (Wildman–Crippen MR) is 74.3 cm³/mol. The van der Waals surface area contributed by atoms with Crippen molar-refractivity contribution in [1.82, 2.24) is 0 Å². The van der Waals surface area contributed by atoms with Crippen LogP contribution in [0.1, 0.15) is 36.5 Å². The summed E-state index contributed by atoms with van der Waals surface area (Å²) in [7, 11) is 0. The largest absolute Gasteiger partial charge is 0.493 e. The van der Waals surface area contributed by atoms with E-state index in [4.69, 9.17) is 14.6 Å². The van der Waals surface area contributed by atoms with Gasteiger partial charge in [0.25, 0.3) is 0 Å². The molecule has 20 heavy (non-hydrogen) atoms. The molecule has 1 N–H and O–H groups in total. The van der Waals surface area contributed by atoms with Gasteiger partial charge in [-0.05, 0) is 49.9 Å². The normalized spacial score (nSPS) is 10.2. The van der Waals surface area contributed by atoms with Crippen LogP contribution in [0.3, 0.4) is 0 Å². The van der Waals surface area contributed by atoms with Crippen molar-refractivity contribution in [2.45, 2.75) is 40.5 Å². The van der Waals surface area contributed by atoms with Crippen molar-refractivity contribution >= 4 is 11.9 Å². The molecule has 0 saturated heterocycles. The summed E-state index contributed by atoms with van der Waals surface area (Å²) in [6.07, 6.45) is 0.543. The first-order valence-corrected chi connectivity index (χ1v) is 6.46. The molecule has 110 valence electrons. The fourth-order valence-corrected chi connectivity index (χ4v) is 1.88. The van der Waals surface area contributed by atoms with E-state index in [2.05, 4.69) is 0 Å². The molecule has 0 aliphatic carbocycles. The van der Waals surface area contributed by atoms with Crippen molar-refractivity contribution in [2.24, 2.45) is 0 Å². The number of carbonyl (C=O) groups excluding carboxylic acids is 1. The number of carboxylic acids is 1. The Bertz CT molecular complexity index is 519. The summed E-state index contributed by atoms with van der Waals surface area (Å²) in [6.45, 7) is 7.30. The molecule has 1 aromatic carbocycles. The number of ether oxygens (including phenoxy) is 2. The van der Waals surface area contributed by atoms with Gasteiger partial charge in [-0.3, -0.25) is 9.59 Å². The molecule has 0 heterocycles. The highest BCUT2D eigenvalue weighted by Crippen LogP contribution is 2.33. The smallest absolute Gasteiger partial charge is 0.308 e. The van der Waals surface area contributed by atoms with Gasteiger partial charge < -0.3 is 14.6 Å². The molecular weight excluding hydrogens is 260 g/mol. The zero-order valence-electron chi connectivity index (χ0n) is 12.3. The van der Waals surface area contributed by atoms with E-state index in [-0.39, 0.29) is 12.4 Å². The first-order valence-electron chi connectivity index (χ1n) is 6.46. The number of rotatable bonds is 6. The molecule has 0 saturated carbocycles. The van der Waals surface area contributed by atoms with Gasteiger partial charge in [-0.15, -0.1) is 0 Å². The average Bonchev–Trinajstić information content (AvgIpc) is 2.35. The average molecular weight is 280 g/mol. The molecule has 0 aromatic heterocycles. The number of carboxylic acid groups (broad SMARTS) is 1. The molecule has 5 nitrogen and oxygen atoms in total. The second-order valence-electron chi connectivity index (χ2n) is 4.71. The maximum absolute atomic E-state index is 11.1. The molecule has 0 bridgehead atoms. The van der Waals surface area contributed by atoms with Gasteiger partial charge >= 0.3 is 11.9 Å². The third-order valence-electron chi connectivity index (χ3n) is 3.02. The van der Waals surface area contributed by atoms with Crippen LogP contribution in [0.2, 0.25) is 0 Å². The summed E-state index contributed by atoms with van der Waals surface area (Å²) < 4.78 is 10.8. The van der Waals surface area contributed by atoms with Crippen LogP contribution in [0.4, 0.5) is 0 Å². The van der Waals surface area contributed by atoms with Crippen molar-refractivity contribution in [1.29, 1.82) is 0 Å². The van der Waals surface area contributed by atoms with Crippen molar-refractivity contribution < 1.29 is 24.2 Å². The van der Waals surface area contributed by atoms with E-state index in [0.29, 0.717) is 24.5 Å². The predicted octanol–water partition coefficient (Wildman–Crippen LogP) is 2.78. The number of hydrogen-bond donors (Lipinski definition) is 1. The van der Waals surface area contributed by atoms with Gasteiger partial charge in [0.15, 0.2) is 0 Å². The second-order valence-corrected chi connectivity index (χ2v) is 4.71. The number of benzene rings is 1. The van der Waals surface area contributed by atoms with E-state index in [1.54, 1.807) is 6.07 Å². The molecule has 0 aliphatic rings. The molecule has 0 radical (unpaired) electrons. The van der Waals surface area contributed by atoms with Gasteiger partial charge in [-0.2, -0.15) is 0 Å². The minimum Gasteiger partial charge on any atom is -0.493 e. The summed E-state index contributed by atoms with van der Waals surface area (Å²) in [5.74, 6) is 0.0720. The lowest BCUT2D eigenvalue weighted by atomic mass is 10.0. The minimum absolute atomic E-state index is 0.0859. The molecular formula is C15H20O5. The molecule has 1 aromatic rings. The fourth-order valence-electron chi connectivity index (χ4n) is 1.88. The van der Waals surface area contributed by atoms with Gasteiger partial charge in [-0.25, -0.2) is 0 Å². The van der Waals surface area contributed by atoms with Crippen LogP contribution in [0, 0.1) is 20.8 Å². The van der Waals surface area contributed by atoms with Crippen LogP contribution in [0.25, 0.3) is 0 Å². The number of carbonyl (C=O) groups is 2. The Labute approximate surface area is 118 Å². The number of hydrogen-bond acceptors (Lipinski definition) is 4. The highest BCUT2D eigenvalue weighted by molar-refractivity contribution is 5.71. The van der Waals surface area contributed by atoms with E-state index in [0.717, 1.165) is 16.7 Å². The minimum atomic E-state index is -0.831. The van der Waals surface area contributed by atoms with Crippen LogP contribution >= 0.6 is 0 Å². The Hall–Kier alpha value is -2.04. The fraction of sp³-hybridized carbons (Fsp3) is 0.467. The number of aliphatic carboxylic acids is 1. The second kappa shape index (κ2) is 6.93. The van der Waals surface area contributed by atoms with Crippen LogP contribution in [-0.4, -0.2) is 23.7 Å². The number of esters is 1.